The predicted molar refractivity (Wildman–Crippen MR) is 122 cm³/mol. The average Bonchev–Trinajstić information content (AvgIpc) is 3.42. The molecule has 2 bridgehead atoms. The monoisotopic (exact) mass is 602 g/mol. The molecule has 2 amide bonds. The summed E-state index contributed by atoms with van der Waals surface area (Å²) in [6.45, 7) is 4.00. The van der Waals surface area contributed by atoms with Crippen molar-refractivity contribution in [3.63, 3.8) is 0 Å². The van der Waals surface area contributed by atoms with Gasteiger partial charge in [0.25, 0.3) is 11.8 Å². The van der Waals surface area contributed by atoms with Crippen molar-refractivity contribution in [3.8, 4) is 5.75 Å². The summed E-state index contributed by atoms with van der Waals surface area (Å²) in [6, 6.07) is 3.92. The fraction of sp³-hybridized carbons (Fsp3) is 0.476. The van der Waals surface area contributed by atoms with Gasteiger partial charge >= 0.3 is 0 Å². The molecule has 0 N–H and O–H groups in total. The molecular weight excluding hydrogens is 582 g/mol. The lowest BCUT2D eigenvalue weighted by Crippen LogP contribution is -2.40. The van der Waals surface area contributed by atoms with Crippen LogP contribution in [-0.2, 0) is 9.59 Å². The summed E-state index contributed by atoms with van der Waals surface area (Å²) in [4.78, 5) is 25.9. The van der Waals surface area contributed by atoms with Crippen molar-refractivity contribution in [2.75, 3.05) is 0 Å². The lowest BCUT2D eigenvalue weighted by atomic mass is 9.63. The SMILES string of the molecule is CC(C)Oc1c(I)cc(/C=N\N2C(=O)[C@@H]3[C@H]4C=C[C@@H]([C@@H]5C[C@H]45)[C@H]3C2=O)cc1I. The third kappa shape index (κ3) is 2.86. The molecule has 5 nitrogen and oxygen atoms in total. The maximum absolute atomic E-state index is 13.0. The predicted octanol–water partition coefficient (Wildman–Crippen LogP) is 4.07. The van der Waals surface area contributed by atoms with Crippen molar-refractivity contribution in [1.82, 2.24) is 5.01 Å². The van der Waals surface area contributed by atoms with Crippen LogP contribution in [0.2, 0.25) is 0 Å². The number of ether oxygens (including phenoxy) is 1. The van der Waals surface area contributed by atoms with Crippen molar-refractivity contribution < 1.29 is 14.3 Å². The number of hydrogen-bond acceptors (Lipinski definition) is 4. The van der Waals surface area contributed by atoms with Crippen molar-refractivity contribution in [2.24, 2.45) is 40.6 Å². The minimum atomic E-state index is -0.203. The van der Waals surface area contributed by atoms with Gasteiger partial charge in [0, 0.05) is 0 Å². The highest BCUT2D eigenvalue weighted by atomic mass is 127. The normalized spacial score (nSPS) is 35.1. The maximum Gasteiger partial charge on any atom is 0.254 e. The van der Waals surface area contributed by atoms with E-state index in [0.717, 1.165) is 23.5 Å². The number of rotatable bonds is 4. The van der Waals surface area contributed by atoms with Crippen LogP contribution in [0.4, 0.5) is 0 Å². The van der Waals surface area contributed by atoms with E-state index in [2.05, 4.69) is 62.4 Å². The van der Waals surface area contributed by atoms with Crippen LogP contribution in [0.1, 0.15) is 25.8 Å². The van der Waals surface area contributed by atoms with Crippen LogP contribution in [0.25, 0.3) is 0 Å². The van der Waals surface area contributed by atoms with Crippen molar-refractivity contribution in [1.29, 1.82) is 0 Å². The fourth-order valence-corrected chi connectivity index (χ4v) is 7.25. The topological polar surface area (TPSA) is 59.0 Å². The highest BCUT2D eigenvalue weighted by Gasteiger charge is 2.67. The molecule has 146 valence electrons. The van der Waals surface area contributed by atoms with Crippen LogP contribution in [0.5, 0.6) is 5.75 Å². The molecule has 0 spiro atoms. The van der Waals surface area contributed by atoms with Crippen LogP contribution in [0.3, 0.4) is 0 Å². The molecule has 7 heteroatoms. The number of hydrogen-bond donors (Lipinski definition) is 0. The molecule has 1 saturated heterocycles. The van der Waals surface area contributed by atoms with E-state index < -0.39 is 0 Å². The Morgan fingerprint density at radius 2 is 1.61 bits per heavy atom. The molecule has 1 heterocycles. The van der Waals surface area contributed by atoms with Gasteiger partial charge in [0.2, 0.25) is 0 Å². The molecule has 6 rings (SSSR count). The van der Waals surface area contributed by atoms with Gasteiger partial charge in [0.1, 0.15) is 5.75 Å². The van der Waals surface area contributed by atoms with Crippen LogP contribution in [0, 0.1) is 42.6 Å². The first kappa shape index (κ1) is 19.0. The van der Waals surface area contributed by atoms with Crippen LogP contribution in [0.15, 0.2) is 29.4 Å². The highest BCUT2D eigenvalue weighted by molar-refractivity contribution is 14.1. The Hall–Kier alpha value is -0.970. The van der Waals surface area contributed by atoms with E-state index in [1.54, 1.807) is 6.21 Å². The number of carbonyl (C=O) groups excluding carboxylic acids is 2. The van der Waals surface area contributed by atoms with Gasteiger partial charge in [-0.2, -0.15) is 10.1 Å². The van der Waals surface area contributed by atoms with E-state index in [0.29, 0.717) is 11.8 Å². The number of imide groups is 1. The van der Waals surface area contributed by atoms with Gasteiger partial charge < -0.3 is 4.74 Å². The summed E-state index contributed by atoms with van der Waals surface area (Å²) in [5.41, 5.74) is 0.851. The van der Waals surface area contributed by atoms with Gasteiger partial charge in [-0.05, 0) is 107 Å². The Labute approximate surface area is 191 Å². The molecule has 28 heavy (non-hydrogen) atoms. The smallest absolute Gasteiger partial charge is 0.254 e. The summed E-state index contributed by atoms with van der Waals surface area (Å²) in [6.07, 6.45) is 7.24. The van der Waals surface area contributed by atoms with E-state index in [9.17, 15) is 9.59 Å². The minimum absolute atomic E-state index is 0.0972. The third-order valence-electron chi connectivity index (χ3n) is 6.34. The quantitative estimate of drug-likeness (QED) is 0.226. The van der Waals surface area contributed by atoms with Gasteiger partial charge in [-0.1, -0.05) is 12.2 Å². The molecule has 0 unspecified atom stereocenters. The second-order valence-corrected chi connectivity index (χ2v) is 10.7. The number of benzene rings is 1. The van der Waals surface area contributed by atoms with E-state index in [1.807, 2.05) is 26.0 Å². The second kappa shape index (κ2) is 6.78. The Morgan fingerprint density at radius 1 is 1.07 bits per heavy atom. The molecule has 0 radical (unpaired) electrons. The van der Waals surface area contributed by atoms with Gasteiger partial charge in [0.05, 0.1) is 31.3 Å². The first-order valence-corrected chi connectivity index (χ1v) is 11.8. The summed E-state index contributed by atoms with van der Waals surface area (Å²) in [5.74, 6) is 1.87. The Morgan fingerprint density at radius 3 is 2.11 bits per heavy atom. The average molecular weight is 602 g/mol. The van der Waals surface area contributed by atoms with Gasteiger partial charge in [0.15, 0.2) is 0 Å². The molecule has 3 fully saturated rings. The number of hydrazone groups is 1. The third-order valence-corrected chi connectivity index (χ3v) is 7.94. The molecule has 4 aliphatic carbocycles. The number of allylic oxidation sites excluding steroid dienone is 2. The molecular formula is C21H20I2N2O3. The van der Waals surface area contributed by atoms with Crippen molar-refractivity contribution in [2.45, 2.75) is 26.4 Å². The van der Waals surface area contributed by atoms with Gasteiger partial charge in [-0.3, -0.25) is 9.59 Å². The lowest BCUT2D eigenvalue weighted by Gasteiger charge is -2.37. The molecule has 1 aromatic carbocycles. The molecule has 1 aliphatic heterocycles. The maximum atomic E-state index is 13.0. The Balaban J connectivity index is 1.39. The number of amides is 2. The summed E-state index contributed by atoms with van der Waals surface area (Å²) < 4.78 is 7.83. The zero-order valence-corrected chi connectivity index (χ0v) is 19.8. The minimum Gasteiger partial charge on any atom is -0.489 e. The Bertz CT molecular complexity index is 883. The van der Waals surface area contributed by atoms with Crippen LogP contribution >= 0.6 is 45.2 Å². The zero-order chi connectivity index (χ0) is 19.7. The first-order chi connectivity index (χ1) is 13.4. The standard InChI is InChI=1S/C21H20I2N2O3/c1-9(2)28-19-15(22)5-10(6-16(19)23)8-24-25-20(26)17-11-3-4-12(14-7-13(11)14)18(17)21(25)27/h3-6,8-9,11-14,17-18H,7H2,1-2H3/b24-8-/t11-,12-,13-,14+,17+,18+/m0/s1. The zero-order valence-electron chi connectivity index (χ0n) is 15.5. The van der Waals surface area contributed by atoms with E-state index in [-0.39, 0.29) is 41.6 Å². The van der Waals surface area contributed by atoms with E-state index in [1.165, 1.54) is 6.42 Å². The van der Waals surface area contributed by atoms with Crippen molar-refractivity contribution >= 4 is 63.2 Å². The Kier molecular flexibility index (Phi) is 4.61. The molecule has 2 saturated carbocycles. The summed E-state index contributed by atoms with van der Waals surface area (Å²) in [7, 11) is 0. The van der Waals surface area contributed by atoms with Crippen LogP contribution in [-0.4, -0.2) is 29.1 Å². The van der Waals surface area contributed by atoms with Crippen LogP contribution < -0.4 is 4.74 Å². The number of carbonyl (C=O) groups is 2. The highest BCUT2D eigenvalue weighted by Crippen LogP contribution is 2.65. The fourth-order valence-electron chi connectivity index (χ4n) is 5.18. The number of halogens is 2. The summed E-state index contributed by atoms with van der Waals surface area (Å²) in [5, 5.41) is 5.45. The van der Waals surface area contributed by atoms with Crippen molar-refractivity contribution in [3.05, 3.63) is 37.0 Å². The van der Waals surface area contributed by atoms with Gasteiger partial charge in [-0.15, -0.1) is 0 Å². The second-order valence-electron chi connectivity index (χ2n) is 8.37. The molecule has 6 atom stereocenters. The lowest BCUT2D eigenvalue weighted by molar-refractivity contribution is -0.140. The summed E-state index contributed by atoms with van der Waals surface area (Å²) >= 11 is 4.48. The van der Waals surface area contributed by atoms with Gasteiger partial charge in [-0.25, -0.2) is 0 Å². The molecule has 5 aliphatic rings. The molecule has 1 aromatic rings. The molecule has 0 aromatic heterocycles. The van der Waals surface area contributed by atoms with E-state index >= 15 is 0 Å². The largest absolute Gasteiger partial charge is 0.489 e. The first-order valence-electron chi connectivity index (χ1n) is 9.62. The van der Waals surface area contributed by atoms with E-state index in [4.69, 9.17) is 4.74 Å². The number of nitrogens with zero attached hydrogens (tertiary/aromatic N) is 2.